The van der Waals surface area contributed by atoms with Crippen LogP contribution in [0.1, 0.15) is 0 Å². The van der Waals surface area contributed by atoms with Crippen molar-refractivity contribution in [3.8, 4) is 0 Å². The van der Waals surface area contributed by atoms with Gasteiger partial charge in [0.1, 0.15) is 15.8 Å². The highest BCUT2D eigenvalue weighted by Gasteiger charge is 2.35. The Morgan fingerprint density at radius 3 is 2.00 bits per heavy atom. The zero-order valence-electron chi connectivity index (χ0n) is 16.1. The molecule has 7 nitrogen and oxygen atoms in total. The van der Waals surface area contributed by atoms with E-state index in [0.717, 1.165) is 5.69 Å². The molecule has 1 N–H and O–H groups in total. The van der Waals surface area contributed by atoms with Gasteiger partial charge in [0.15, 0.2) is 5.69 Å². The summed E-state index contributed by atoms with van der Waals surface area (Å²) in [5, 5.41) is 8.82. The zero-order valence-corrected chi connectivity index (χ0v) is 17.0. The van der Waals surface area contributed by atoms with Crippen molar-refractivity contribution in [1.29, 1.82) is 0 Å². The fourth-order valence-corrected chi connectivity index (χ4v) is 3.53. The lowest BCUT2D eigenvalue weighted by Crippen LogP contribution is -3.07. The molecule has 0 fully saturated rings. The molecular formula is C21H22N4O3S. The first kappa shape index (κ1) is 20.7. The fraction of sp³-hybridized carbons (Fsp3) is 0.143. The molecule has 0 amide bonds. The van der Waals surface area contributed by atoms with E-state index in [-0.39, 0.29) is 11.2 Å². The molecule has 1 aliphatic heterocycles. The van der Waals surface area contributed by atoms with E-state index in [1.165, 1.54) is 40.5 Å². The minimum Gasteiger partial charge on any atom is -0.744 e. The Hall–Kier alpha value is -3.07. The molecule has 0 bridgehead atoms. The molecule has 0 saturated heterocycles. The predicted molar refractivity (Wildman–Crippen MR) is 111 cm³/mol. The van der Waals surface area contributed by atoms with E-state index in [9.17, 15) is 13.0 Å². The molecule has 0 aliphatic carbocycles. The second-order valence-electron chi connectivity index (χ2n) is 6.50. The lowest BCUT2D eigenvalue weighted by atomic mass is 10.3. The summed E-state index contributed by atoms with van der Waals surface area (Å²) in [4.78, 5) is 3.23. The van der Waals surface area contributed by atoms with E-state index in [1.54, 1.807) is 6.07 Å². The van der Waals surface area contributed by atoms with Crippen molar-refractivity contribution in [3.05, 3.63) is 84.9 Å². The fourth-order valence-electron chi connectivity index (χ4n) is 3.04. The Labute approximate surface area is 170 Å². The smallest absolute Gasteiger partial charge is 0.285 e. The maximum absolute atomic E-state index is 10.3. The Kier molecular flexibility index (Phi) is 6.38. The predicted octanol–water partition coefficient (Wildman–Crippen LogP) is 2.94. The van der Waals surface area contributed by atoms with Gasteiger partial charge in [-0.1, -0.05) is 48.5 Å². The average Bonchev–Trinajstić information content (AvgIpc) is 2.98. The van der Waals surface area contributed by atoms with Crippen LogP contribution in [0.25, 0.3) is 0 Å². The minimum absolute atomic E-state index is 0.00222. The van der Waals surface area contributed by atoms with E-state index >= 15 is 0 Å². The van der Waals surface area contributed by atoms with Crippen LogP contribution in [0.15, 0.2) is 100 Å². The van der Waals surface area contributed by atoms with Gasteiger partial charge in [0, 0.05) is 13.1 Å². The Morgan fingerprint density at radius 1 is 0.897 bits per heavy atom. The first-order chi connectivity index (χ1) is 13.9. The van der Waals surface area contributed by atoms with Crippen LogP contribution in [0.5, 0.6) is 0 Å². The number of nitrogens with one attached hydrogen (secondary N) is 1. The third kappa shape index (κ3) is 5.05. The van der Waals surface area contributed by atoms with Crippen molar-refractivity contribution in [2.75, 3.05) is 19.0 Å². The van der Waals surface area contributed by atoms with Gasteiger partial charge in [-0.25, -0.2) is 8.42 Å². The molecular weight excluding hydrogens is 388 g/mol. The normalized spacial score (nSPS) is 18.2. The summed E-state index contributed by atoms with van der Waals surface area (Å²) in [7, 11) is -0.0712. The van der Waals surface area contributed by atoms with Gasteiger partial charge in [0.25, 0.3) is 6.29 Å². The van der Waals surface area contributed by atoms with Crippen LogP contribution in [-0.4, -0.2) is 33.4 Å². The van der Waals surface area contributed by atoms with Crippen molar-refractivity contribution in [1.82, 2.24) is 0 Å². The maximum Gasteiger partial charge on any atom is 0.285 e. The van der Waals surface area contributed by atoms with E-state index in [0.29, 0.717) is 0 Å². The maximum atomic E-state index is 10.3. The van der Waals surface area contributed by atoms with Gasteiger partial charge in [-0.3, -0.25) is 9.80 Å². The van der Waals surface area contributed by atoms with Gasteiger partial charge >= 0.3 is 0 Å². The SMILES string of the molecule is CN1c2ccccc2[NH+](C)C1N=Nc1ccccc1.O=S(=O)([O-])c1ccccc1. The Balaban J connectivity index is 0.000000204. The number of para-hydroxylation sites is 2. The molecule has 1 heterocycles. The van der Waals surface area contributed by atoms with Gasteiger partial charge in [0.05, 0.1) is 17.6 Å². The summed E-state index contributed by atoms with van der Waals surface area (Å²) in [6.07, 6.45) is -0.00222. The van der Waals surface area contributed by atoms with Gasteiger partial charge in [-0.2, -0.15) is 0 Å². The van der Waals surface area contributed by atoms with Crippen molar-refractivity contribution >= 4 is 27.2 Å². The highest BCUT2D eigenvalue weighted by atomic mass is 32.2. The van der Waals surface area contributed by atoms with Crippen LogP contribution >= 0.6 is 0 Å². The van der Waals surface area contributed by atoms with E-state index in [1.807, 2.05) is 30.3 Å². The second kappa shape index (κ2) is 8.95. The standard InChI is InChI=1S/C15H16N4.C6H6O3S/c1-18-13-10-6-7-11-14(13)19(2)15(18)17-16-12-8-4-3-5-9-12;7-10(8,9)6-4-2-1-3-5-6/h3-11,15H,1-2H3;1-5H,(H,7,8,9). The van der Waals surface area contributed by atoms with Gasteiger partial charge < -0.3 is 4.55 Å². The number of quaternary nitrogens is 1. The van der Waals surface area contributed by atoms with Gasteiger partial charge in [-0.05, 0) is 30.3 Å². The third-order valence-corrected chi connectivity index (χ3v) is 5.38. The number of anilines is 1. The molecule has 3 aromatic rings. The molecule has 3 aromatic carbocycles. The summed E-state index contributed by atoms with van der Waals surface area (Å²) in [5.74, 6) is 0. The number of nitrogens with zero attached hydrogens (tertiary/aromatic N) is 3. The monoisotopic (exact) mass is 410 g/mol. The van der Waals surface area contributed by atoms with E-state index < -0.39 is 10.1 Å². The van der Waals surface area contributed by atoms with Crippen molar-refractivity contribution in [2.24, 2.45) is 10.2 Å². The Bertz CT molecular complexity index is 1040. The van der Waals surface area contributed by atoms with Crippen LogP contribution < -0.4 is 9.80 Å². The number of fused-ring (bicyclic) bond motifs is 1. The largest absolute Gasteiger partial charge is 0.744 e. The molecule has 0 saturated carbocycles. The summed E-state index contributed by atoms with van der Waals surface area (Å²) in [5.41, 5.74) is 3.37. The minimum atomic E-state index is -4.25. The molecule has 150 valence electrons. The molecule has 29 heavy (non-hydrogen) atoms. The van der Waals surface area contributed by atoms with Crippen LogP contribution in [0.2, 0.25) is 0 Å². The summed E-state index contributed by atoms with van der Waals surface area (Å²) in [6.45, 7) is 0. The molecule has 0 aromatic heterocycles. The molecule has 2 atom stereocenters. The number of azo groups is 1. The average molecular weight is 410 g/mol. The number of benzene rings is 3. The van der Waals surface area contributed by atoms with Crippen molar-refractivity contribution < 1.29 is 17.9 Å². The number of hydrogen-bond donors (Lipinski definition) is 1. The summed E-state index contributed by atoms with van der Waals surface area (Å²) < 4.78 is 30.8. The molecule has 4 rings (SSSR count). The van der Waals surface area contributed by atoms with Crippen LogP contribution in [0.3, 0.4) is 0 Å². The number of hydrogen-bond acceptors (Lipinski definition) is 6. The summed E-state index contributed by atoms with van der Waals surface area (Å²) >= 11 is 0. The number of rotatable bonds is 3. The first-order valence-electron chi connectivity index (χ1n) is 9.00. The van der Waals surface area contributed by atoms with Crippen molar-refractivity contribution in [2.45, 2.75) is 11.2 Å². The molecule has 0 radical (unpaired) electrons. The van der Waals surface area contributed by atoms with Gasteiger partial charge in [0.2, 0.25) is 0 Å². The van der Waals surface area contributed by atoms with E-state index in [4.69, 9.17) is 0 Å². The molecule has 2 unspecified atom stereocenters. The highest BCUT2D eigenvalue weighted by Crippen LogP contribution is 2.27. The van der Waals surface area contributed by atoms with Crippen LogP contribution in [0.4, 0.5) is 17.1 Å². The molecule has 1 aliphatic rings. The molecule has 8 heteroatoms. The van der Waals surface area contributed by atoms with E-state index in [2.05, 4.69) is 53.5 Å². The van der Waals surface area contributed by atoms with Crippen molar-refractivity contribution in [3.63, 3.8) is 0 Å². The summed E-state index contributed by atoms with van der Waals surface area (Å²) in [6, 6.07) is 25.4. The quantitative estimate of drug-likeness (QED) is 0.531. The Morgan fingerprint density at radius 2 is 1.45 bits per heavy atom. The second-order valence-corrected chi connectivity index (χ2v) is 7.88. The zero-order chi connectivity index (χ0) is 20.9. The lowest BCUT2D eigenvalue weighted by molar-refractivity contribution is -0.831. The third-order valence-electron chi connectivity index (χ3n) is 4.53. The van der Waals surface area contributed by atoms with Crippen LogP contribution in [-0.2, 0) is 10.1 Å². The topological polar surface area (TPSA) is 89.6 Å². The first-order valence-corrected chi connectivity index (χ1v) is 10.4. The lowest BCUT2D eigenvalue weighted by Gasteiger charge is -2.17. The highest BCUT2D eigenvalue weighted by molar-refractivity contribution is 7.85. The molecule has 0 spiro atoms. The van der Waals surface area contributed by atoms with Gasteiger partial charge in [-0.15, -0.1) is 10.2 Å². The van der Waals surface area contributed by atoms with Crippen LogP contribution in [0, 0.1) is 0 Å².